The number of rotatable bonds is 3. The third-order valence-corrected chi connectivity index (χ3v) is 4.35. The van der Waals surface area contributed by atoms with Crippen LogP contribution in [0.2, 0.25) is 0 Å². The second-order valence-electron chi connectivity index (χ2n) is 4.75. The van der Waals surface area contributed by atoms with Crippen LogP contribution in [-0.4, -0.2) is 29.7 Å². The summed E-state index contributed by atoms with van der Waals surface area (Å²) in [5.41, 5.74) is 0.950. The maximum absolute atomic E-state index is 9.42. The lowest BCUT2D eigenvalue weighted by atomic mass is 9.98. The van der Waals surface area contributed by atoms with Crippen LogP contribution in [0.15, 0.2) is 18.2 Å². The van der Waals surface area contributed by atoms with Crippen LogP contribution in [-0.2, 0) is 0 Å². The molecule has 1 saturated heterocycles. The molecule has 1 aromatic carbocycles. The third-order valence-electron chi connectivity index (χ3n) is 3.37. The van der Waals surface area contributed by atoms with Crippen molar-refractivity contribution in [3.05, 3.63) is 18.2 Å². The highest BCUT2D eigenvalue weighted by Crippen LogP contribution is 2.29. The number of nitrogens with zero attached hydrogens (tertiary/aromatic N) is 1. The van der Waals surface area contributed by atoms with E-state index in [0.717, 1.165) is 40.9 Å². The average Bonchev–Trinajstić information content (AvgIpc) is 2.79. The van der Waals surface area contributed by atoms with Crippen LogP contribution in [0.25, 0.3) is 10.2 Å². The molecule has 1 aromatic heterocycles. The van der Waals surface area contributed by atoms with E-state index in [9.17, 15) is 5.11 Å². The number of hydrogen-bond donors (Lipinski definition) is 3. The predicted molar refractivity (Wildman–Crippen MR) is 96.0 cm³/mol. The van der Waals surface area contributed by atoms with Gasteiger partial charge in [-0.1, -0.05) is 11.3 Å². The first kappa shape index (κ1) is 17.7. The van der Waals surface area contributed by atoms with Crippen LogP contribution in [0.5, 0.6) is 5.75 Å². The van der Waals surface area contributed by atoms with E-state index in [1.165, 1.54) is 12.8 Å². The molecule has 0 amide bonds. The molecule has 0 aliphatic carbocycles. The van der Waals surface area contributed by atoms with Gasteiger partial charge in [0.2, 0.25) is 0 Å². The molecular formula is C13H19Br2N3OS. The predicted octanol–water partition coefficient (Wildman–Crippen LogP) is 3.57. The first-order valence-electron chi connectivity index (χ1n) is 6.35. The lowest BCUT2D eigenvalue weighted by Crippen LogP contribution is -2.31. The summed E-state index contributed by atoms with van der Waals surface area (Å²) in [6.07, 6.45) is 2.47. The molecule has 4 nitrogen and oxygen atoms in total. The molecule has 2 heterocycles. The van der Waals surface area contributed by atoms with E-state index in [-0.39, 0.29) is 34.0 Å². The summed E-state index contributed by atoms with van der Waals surface area (Å²) in [5, 5.41) is 17.2. The number of fused-ring (bicyclic) bond motifs is 1. The fourth-order valence-electron chi connectivity index (χ4n) is 2.31. The van der Waals surface area contributed by atoms with Crippen LogP contribution in [0.1, 0.15) is 12.8 Å². The van der Waals surface area contributed by atoms with Crippen LogP contribution < -0.4 is 10.6 Å². The molecule has 0 spiro atoms. The summed E-state index contributed by atoms with van der Waals surface area (Å²) >= 11 is 1.60. The van der Waals surface area contributed by atoms with Crippen LogP contribution in [0, 0.1) is 5.92 Å². The standard InChI is InChI=1S/C13H17N3OS.2BrH/c17-10-1-2-11-12(7-10)18-13(16-11)15-8-9-3-5-14-6-4-9;;/h1-2,7,9,14,17H,3-6,8H2,(H,15,16);2*1H. The number of benzene rings is 1. The molecule has 3 N–H and O–H groups in total. The van der Waals surface area contributed by atoms with Gasteiger partial charge in [-0.2, -0.15) is 0 Å². The van der Waals surface area contributed by atoms with Crippen LogP contribution >= 0.6 is 45.3 Å². The number of nitrogens with one attached hydrogen (secondary N) is 2. The number of hydrogen-bond acceptors (Lipinski definition) is 5. The van der Waals surface area contributed by atoms with E-state index in [4.69, 9.17) is 0 Å². The van der Waals surface area contributed by atoms with E-state index in [2.05, 4.69) is 15.6 Å². The smallest absolute Gasteiger partial charge is 0.183 e. The van der Waals surface area contributed by atoms with Crippen molar-refractivity contribution in [3.8, 4) is 5.75 Å². The zero-order valence-corrected chi connectivity index (χ0v) is 15.2. The zero-order chi connectivity index (χ0) is 12.4. The molecule has 0 radical (unpaired) electrons. The number of phenolic OH excluding ortho intramolecular Hbond substituents is 1. The molecule has 20 heavy (non-hydrogen) atoms. The highest BCUT2D eigenvalue weighted by atomic mass is 79.9. The number of phenols is 1. The van der Waals surface area contributed by atoms with E-state index >= 15 is 0 Å². The Morgan fingerprint density at radius 3 is 2.80 bits per heavy atom. The van der Waals surface area contributed by atoms with Crippen LogP contribution in [0.4, 0.5) is 5.13 Å². The van der Waals surface area contributed by atoms with Gasteiger partial charge in [0.15, 0.2) is 5.13 Å². The molecule has 1 fully saturated rings. The van der Waals surface area contributed by atoms with E-state index in [1.807, 2.05) is 6.07 Å². The van der Waals surface area contributed by atoms with Gasteiger partial charge < -0.3 is 15.7 Å². The Labute approximate surface area is 143 Å². The van der Waals surface area contributed by atoms with Crippen LogP contribution in [0.3, 0.4) is 0 Å². The second-order valence-corrected chi connectivity index (χ2v) is 5.78. The zero-order valence-electron chi connectivity index (χ0n) is 11.0. The van der Waals surface area contributed by atoms with Gasteiger partial charge >= 0.3 is 0 Å². The third kappa shape index (κ3) is 4.31. The molecule has 0 saturated carbocycles. The summed E-state index contributed by atoms with van der Waals surface area (Å²) < 4.78 is 1.03. The van der Waals surface area contributed by atoms with E-state index in [0.29, 0.717) is 5.75 Å². The van der Waals surface area contributed by atoms with Crippen molar-refractivity contribution in [3.63, 3.8) is 0 Å². The maximum Gasteiger partial charge on any atom is 0.183 e. The van der Waals surface area contributed by atoms with Crippen molar-refractivity contribution in [1.82, 2.24) is 10.3 Å². The van der Waals surface area contributed by atoms with Gasteiger partial charge in [0.05, 0.1) is 10.2 Å². The first-order valence-corrected chi connectivity index (χ1v) is 7.17. The largest absolute Gasteiger partial charge is 0.508 e. The Morgan fingerprint density at radius 1 is 1.30 bits per heavy atom. The lowest BCUT2D eigenvalue weighted by Gasteiger charge is -2.22. The molecular weight excluding hydrogens is 406 g/mol. The number of anilines is 1. The van der Waals surface area contributed by atoms with Gasteiger partial charge in [0, 0.05) is 6.54 Å². The summed E-state index contributed by atoms with van der Waals surface area (Å²) in [5.74, 6) is 1.04. The van der Waals surface area contributed by atoms with Gasteiger partial charge in [0.1, 0.15) is 5.75 Å². The molecule has 2 aromatic rings. The number of piperidine rings is 1. The van der Waals surface area contributed by atoms with E-state index in [1.54, 1.807) is 23.5 Å². The van der Waals surface area contributed by atoms with Gasteiger partial charge in [-0.25, -0.2) is 4.98 Å². The Kier molecular flexibility index (Phi) is 7.22. The highest BCUT2D eigenvalue weighted by molar-refractivity contribution is 8.93. The van der Waals surface area contributed by atoms with Gasteiger partial charge in [-0.15, -0.1) is 34.0 Å². The highest BCUT2D eigenvalue weighted by Gasteiger charge is 2.13. The van der Waals surface area contributed by atoms with Gasteiger partial charge in [-0.05, 0) is 50.0 Å². The topological polar surface area (TPSA) is 57.2 Å². The minimum atomic E-state index is 0. The maximum atomic E-state index is 9.42. The number of aromatic hydroxyl groups is 1. The monoisotopic (exact) mass is 423 g/mol. The minimum Gasteiger partial charge on any atom is -0.508 e. The molecule has 1 aliphatic rings. The number of thiazole rings is 1. The Hall–Kier alpha value is -0.370. The van der Waals surface area contributed by atoms with Crippen molar-refractivity contribution in [2.24, 2.45) is 5.92 Å². The van der Waals surface area contributed by atoms with Gasteiger partial charge in [0.25, 0.3) is 0 Å². The fourth-order valence-corrected chi connectivity index (χ4v) is 3.21. The molecule has 0 unspecified atom stereocenters. The Bertz CT molecular complexity index is 543. The van der Waals surface area contributed by atoms with Crippen molar-refractivity contribution < 1.29 is 5.11 Å². The second kappa shape index (κ2) is 8.17. The fraction of sp³-hybridized carbons (Fsp3) is 0.462. The van der Waals surface area contributed by atoms with Crippen molar-refractivity contribution in [1.29, 1.82) is 0 Å². The SMILES string of the molecule is Br.Br.Oc1ccc2nc(NCC3CCNCC3)sc2c1. The molecule has 3 rings (SSSR count). The Morgan fingerprint density at radius 2 is 2.05 bits per heavy atom. The molecule has 112 valence electrons. The Balaban J connectivity index is 0.000001000. The minimum absolute atomic E-state index is 0. The summed E-state index contributed by atoms with van der Waals surface area (Å²) in [4.78, 5) is 4.52. The lowest BCUT2D eigenvalue weighted by molar-refractivity contribution is 0.390. The molecule has 1 aliphatic heterocycles. The number of halogens is 2. The average molecular weight is 425 g/mol. The molecule has 0 bridgehead atoms. The summed E-state index contributed by atoms with van der Waals surface area (Å²) in [7, 11) is 0. The normalized spacial score (nSPS) is 15.4. The quantitative estimate of drug-likeness (QED) is 0.704. The first-order chi connectivity index (χ1) is 8.81. The van der Waals surface area contributed by atoms with Crippen molar-refractivity contribution in [2.75, 3.05) is 25.0 Å². The van der Waals surface area contributed by atoms with Crippen molar-refractivity contribution >= 4 is 60.6 Å². The summed E-state index contributed by atoms with van der Waals surface area (Å²) in [6.45, 7) is 3.24. The van der Waals surface area contributed by atoms with E-state index < -0.39 is 0 Å². The molecule has 7 heteroatoms. The van der Waals surface area contributed by atoms with Gasteiger partial charge in [-0.3, -0.25) is 0 Å². The molecule has 0 atom stereocenters. The number of aromatic nitrogens is 1. The summed E-state index contributed by atoms with van der Waals surface area (Å²) in [6, 6.07) is 5.30. The van der Waals surface area contributed by atoms with Crippen molar-refractivity contribution in [2.45, 2.75) is 12.8 Å².